The Kier molecular flexibility index (Phi) is 11.3. The van der Waals surface area contributed by atoms with E-state index in [4.69, 9.17) is 23.7 Å². The maximum atomic E-state index is 13.7. The normalized spacial score (nSPS) is 19.4. The lowest BCUT2D eigenvalue weighted by Crippen LogP contribution is -2.51. The van der Waals surface area contributed by atoms with Crippen LogP contribution in [0.1, 0.15) is 30.7 Å². The van der Waals surface area contributed by atoms with Crippen molar-refractivity contribution in [2.24, 2.45) is 0 Å². The Balaban J connectivity index is 1.19. The molecule has 1 saturated heterocycles. The van der Waals surface area contributed by atoms with E-state index in [1.54, 1.807) is 12.0 Å². The van der Waals surface area contributed by atoms with Crippen LogP contribution in [0, 0.1) is 11.6 Å². The molecule has 3 aromatic carbocycles. The largest absolute Gasteiger partial charge is 0.493 e. The molecule has 246 valence electrons. The molecule has 2 heterocycles. The van der Waals surface area contributed by atoms with Gasteiger partial charge in [0.25, 0.3) is 5.91 Å². The summed E-state index contributed by atoms with van der Waals surface area (Å²) in [5.74, 6) is -1.06. The first-order chi connectivity index (χ1) is 22.4. The molecule has 0 aromatic heterocycles. The molecule has 5 rings (SSSR count). The fraction of sp³-hybridized carbons (Fsp3) is 0.412. The number of halogens is 2. The van der Waals surface area contributed by atoms with Crippen LogP contribution in [0.5, 0.6) is 17.2 Å². The second-order valence-corrected chi connectivity index (χ2v) is 11.1. The van der Waals surface area contributed by atoms with Crippen molar-refractivity contribution < 1.29 is 47.2 Å². The number of ether oxygens (including phenoxy) is 5. The lowest BCUT2D eigenvalue weighted by molar-refractivity contribution is -0.131. The van der Waals surface area contributed by atoms with Gasteiger partial charge >= 0.3 is 6.09 Å². The lowest BCUT2D eigenvalue weighted by Gasteiger charge is -2.39. The van der Waals surface area contributed by atoms with Crippen molar-refractivity contribution in [3.8, 4) is 17.2 Å². The lowest BCUT2D eigenvalue weighted by atomic mass is 9.87. The predicted octanol–water partition coefficient (Wildman–Crippen LogP) is 5.50. The van der Waals surface area contributed by atoms with Gasteiger partial charge in [-0.15, -0.1) is 0 Å². The second-order valence-electron chi connectivity index (χ2n) is 11.1. The number of anilines is 1. The summed E-state index contributed by atoms with van der Waals surface area (Å²) in [6, 6.07) is 18.4. The number of carboxylic acid groups (broad SMARTS) is 1. The first-order valence-electron chi connectivity index (χ1n) is 15.3. The average Bonchev–Trinajstić information content (AvgIpc) is 3.06. The van der Waals surface area contributed by atoms with Crippen molar-refractivity contribution in [2.75, 3.05) is 58.1 Å². The van der Waals surface area contributed by atoms with Crippen molar-refractivity contribution >= 4 is 17.7 Å². The van der Waals surface area contributed by atoms with E-state index in [9.17, 15) is 23.5 Å². The molecule has 0 saturated carbocycles. The highest BCUT2D eigenvalue weighted by atomic mass is 19.1. The molecule has 12 heteroatoms. The third-order valence-corrected chi connectivity index (χ3v) is 8.02. The number of methoxy groups -OCH3 is 1. The number of likely N-dealkylation sites (tertiary alicyclic amines) is 1. The number of rotatable bonds is 14. The summed E-state index contributed by atoms with van der Waals surface area (Å²) in [6.07, 6.45) is -0.817. The number of carbonyl (C=O) groups excluding carboxylic acids is 1. The number of benzene rings is 3. The number of carbonyl (C=O) groups is 2. The molecular weight excluding hydrogens is 602 g/mol. The third kappa shape index (κ3) is 8.04. The molecule has 3 atom stereocenters. The SMILES string of the molecule is COCCCN1C(=O)C(COC2CN(C(=O)O)CCC2c2ccc(OCCCOc3c(F)cccc3F)cc2)Oc2ccccc21. The Bertz CT molecular complexity index is 1450. The zero-order chi connectivity index (χ0) is 32.5. The summed E-state index contributed by atoms with van der Waals surface area (Å²) in [5.41, 5.74) is 1.64. The van der Waals surface area contributed by atoms with Gasteiger partial charge in [0.15, 0.2) is 17.4 Å². The molecular formula is C34H38F2N2O8. The number of hydrogen-bond donors (Lipinski definition) is 1. The Labute approximate surface area is 266 Å². The smallest absolute Gasteiger partial charge is 0.407 e. The predicted molar refractivity (Wildman–Crippen MR) is 165 cm³/mol. The van der Waals surface area contributed by atoms with Crippen LogP contribution in [0.4, 0.5) is 19.3 Å². The van der Waals surface area contributed by atoms with Crippen molar-refractivity contribution in [3.63, 3.8) is 0 Å². The molecule has 2 amide bonds. The minimum absolute atomic E-state index is 0.0391. The minimum Gasteiger partial charge on any atom is -0.493 e. The summed E-state index contributed by atoms with van der Waals surface area (Å²) in [6.45, 7) is 1.80. The van der Waals surface area contributed by atoms with E-state index in [2.05, 4.69) is 0 Å². The van der Waals surface area contributed by atoms with E-state index >= 15 is 0 Å². The monoisotopic (exact) mass is 640 g/mol. The van der Waals surface area contributed by atoms with E-state index in [0.29, 0.717) is 56.1 Å². The first-order valence-corrected chi connectivity index (χ1v) is 15.3. The highest BCUT2D eigenvalue weighted by Gasteiger charge is 2.38. The van der Waals surface area contributed by atoms with E-state index in [0.717, 1.165) is 17.7 Å². The van der Waals surface area contributed by atoms with E-state index in [-0.39, 0.29) is 38.2 Å². The number of hydrogen-bond acceptors (Lipinski definition) is 7. The van der Waals surface area contributed by atoms with Crippen LogP contribution < -0.4 is 19.1 Å². The van der Waals surface area contributed by atoms with Gasteiger partial charge in [0, 0.05) is 39.1 Å². The van der Waals surface area contributed by atoms with Gasteiger partial charge in [0.2, 0.25) is 6.10 Å². The van der Waals surface area contributed by atoms with Gasteiger partial charge in [0.1, 0.15) is 11.5 Å². The Hall–Kier alpha value is -4.42. The minimum atomic E-state index is -1.03. The van der Waals surface area contributed by atoms with Crippen molar-refractivity contribution in [1.29, 1.82) is 0 Å². The molecule has 3 unspecified atom stereocenters. The van der Waals surface area contributed by atoms with Crippen molar-refractivity contribution in [2.45, 2.75) is 37.4 Å². The summed E-state index contributed by atoms with van der Waals surface area (Å²) in [7, 11) is 1.62. The van der Waals surface area contributed by atoms with Crippen LogP contribution in [-0.2, 0) is 14.3 Å². The molecule has 2 aliphatic heterocycles. The zero-order valence-electron chi connectivity index (χ0n) is 25.6. The Morgan fingerprint density at radius 1 is 0.957 bits per heavy atom. The molecule has 0 bridgehead atoms. The van der Waals surface area contributed by atoms with Crippen molar-refractivity contribution in [1.82, 2.24) is 4.90 Å². The summed E-state index contributed by atoms with van der Waals surface area (Å²) in [4.78, 5) is 28.3. The molecule has 1 fully saturated rings. The Morgan fingerprint density at radius 2 is 1.70 bits per heavy atom. The molecule has 0 aliphatic carbocycles. The van der Waals surface area contributed by atoms with Crippen LogP contribution in [-0.4, -0.2) is 87.4 Å². The van der Waals surface area contributed by atoms with Gasteiger partial charge < -0.3 is 38.6 Å². The Morgan fingerprint density at radius 3 is 2.43 bits per heavy atom. The molecule has 10 nitrogen and oxygen atoms in total. The topological polar surface area (TPSA) is 107 Å². The number of amides is 2. The molecule has 1 N–H and O–H groups in total. The van der Waals surface area contributed by atoms with E-state index in [1.165, 1.54) is 11.0 Å². The molecule has 46 heavy (non-hydrogen) atoms. The van der Waals surface area contributed by atoms with Crippen LogP contribution in [0.2, 0.25) is 0 Å². The number of piperidine rings is 1. The van der Waals surface area contributed by atoms with Crippen LogP contribution in [0.3, 0.4) is 0 Å². The molecule has 3 aromatic rings. The third-order valence-electron chi connectivity index (χ3n) is 8.02. The van der Waals surface area contributed by atoms with Gasteiger partial charge in [-0.2, -0.15) is 0 Å². The number of fused-ring (bicyclic) bond motifs is 1. The van der Waals surface area contributed by atoms with Crippen LogP contribution in [0.15, 0.2) is 66.7 Å². The maximum Gasteiger partial charge on any atom is 0.407 e. The van der Waals surface area contributed by atoms with Gasteiger partial charge in [-0.05, 0) is 54.8 Å². The quantitative estimate of drug-likeness (QED) is 0.231. The second kappa shape index (κ2) is 15.7. The molecule has 0 spiro atoms. The standard InChI is InChI=1S/C34H38F2N2O8/c1-42-18-5-16-38-28-9-2-3-10-29(28)46-31(33(38)39)22-45-30-21-37(34(40)41)17-15-25(30)23-11-13-24(14-12-23)43-19-6-20-44-32-26(35)7-4-8-27(32)36/h2-4,7-14,25,30-31H,5-6,15-22H2,1H3,(H,40,41). The summed E-state index contributed by atoms with van der Waals surface area (Å²) in [5, 5.41) is 9.68. The fourth-order valence-electron chi connectivity index (χ4n) is 5.69. The summed E-state index contributed by atoms with van der Waals surface area (Å²) < 4.78 is 56.0. The molecule has 0 radical (unpaired) electrons. The van der Waals surface area contributed by atoms with Gasteiger partial charge in [-0.25, -0.2) is 13.6 Å². The summed E-state index contributed by atoms with van der Waals surface area (Å²) >= 11 is 0. The molecule has 2 aliphatic rings. The van der Waals surface area contributed by atoms with Crippen LogP contribution in [0.25, 0.3) is 0 Å². The highest BCUT2D eigenvalue weighted by Crippen LogP contribution is 2.36. The van der Waals surface area contributed by atoms with Crippen LogP contribution >= 0.6 is 0 Å². The van der Waals surface area contributed by atoms with Gasteiger partial charge in [-0.1, -0.05) is 30.3 Å². The zero-order valence-corrected chi connectivity index (χ0v) is 25.6. The maximum absolute atomic E-state index is 13.7. The van der Waals surface area contributed by atoms with E-state index in [1.807, 2.05) is 48.5 Å². The van der Waals surface area contributed by atoms with Gasteiger partial charge in [0.05, 0.1) is 38.2 Å². The van der Waals surface area contributed by atoms with Gasteiger partial charge in [-0.3, -0.25) is 4.79 Å². The van der Waals surface area contributed by atoms with E-state index < -0.39 is 35.7 Å². The fourth-order valence-corrected chi connectivity index (χ4v) is 5.69. The van der Waals surface area contributed by atoms with Crippen molar-refractivity contribution in [3.05, 3.63) is 83.9 Å². The first kappa shape index (κ1) is 33.0. The number of nitrogens with zero attached hydrogens (tertiary/aromatic N) is 2. The number of para-hydroxylation sites is 3. The average molecular weight is 641 g/mol. The highest BCUT2D eigenvalue weighted by molar-refractivity contribution is 6.00.